The number of nitrogens with zero attached hydrogens (tertiary/aromatic N) is 3. The van der Waals surface area contributed by atoms with Crippen molar-refractivity contribution < 1.29 is 13.2 Å². The van der Waals surface area contributed by atoms with Gasteiger partial charge in [0, 0.05) is 54.5 Å². The van der Waals surface area contributed by atoms with Crippen molar-refractivity contribution in [2.24, 2.45) is 5.92 Å². The van der Waals surface area contributed by atoms with Gasteiger partial charge in [-0.05, 0) is 68.1 Å². The fourth-order valence-electron chi connectivity index (χ4n) is 4.64. The van der Waals surface area contributed by atoms with Crippen LogP contribution in [0.25, 0.3) is 0 Å². The van der Waals surface area contributed by atoms with Crippen LogP contribution in [0.5, 0.6) is 0 Å². The minimum atomic E-state index is -3.58. The Morgan fingerprint density at radius 2 is 1.77 bits per heavy atom. The largest absolute Gasteiger partial charge is 0.369 e. The van der Waals surface area contributed by atoms with E-state index in [4.69, 9.17) is 11.6 Å². The number of halogens is 1. The highest BCUT2D eigenvalue weighted by Crippen LogP contribution is 2.40. The minimum absolute atomic E-state index is 0.0716. The molecular formula is C23H26ClN3O3S. The average molecular weight is 460 g/mol. The summed E-state index contributed by atoms with van der Waals surface area (Å²) in [4.78, 5) is 17.0. The van der Waals surface area contributed by atoms with Crippen molar-refractivity contribution in [3.05, 3.63) is 53.1 Å². The summed E-state index contributed by atoms with van der Waals surface area (Å²) >= 11 is 6.09. The summed E-state index contributed by atoms with van der Waals surface area (Å²) in [6, 6.07) is 12.9. The molecule has 0 spiro atoms. The fraction of sp³-hybridized carbons (Fsp3) is 0.435. The number of amides is 1. The summed E-state index contributed by atoms with van der Waals surface area (Å²) in [6.07, 6.45) is 2.62. The minimum Gasteiger partial charge on any atom is -0.369 e. The molecule has 6 nitrogen and oxygen atoms in total. The van der Waals surface area contributed by atoms with E-state index in [-0.39, 0.29) is 17.9 Å². The average Bonchev–Trinajstić information content (AvgIpc) is 3.55. The van der Waals surface area contributed by atoms with Gasteiger partial charge in [0.05, 0.1) is 4.90 Å². The molecule has 0 N–H and O–H groups in total. The van der Waals surface area contributed by atoms with Crippen LogP contribution in [0.3, 0.4) is 0 Å². The summed E-state index contributed by atoms with van der Waals surface area (Å²) in [7, 11) is -3.58. The van der Waals surface area contributed by atoms with Crippen LogP contribution in [0, 0.1) is 5.92 Å². The SMILES string of the molecule is C[C@@H]1Cc2cc(S(=O)(=O)N3CCN(c4cccc(Cl)c4)CC3)ccc2N1C(=O)C1CC1. The molecule has 1 saturated carbocycles. The van der Waals surface area contributed by atoms with Crippen LogP contribution < -0.4 is 9.80 Å². The van der Waals surface area contributed by atoms with Crippen LogP contribution in [0.1, 0.15) is 25.3 Å². The van der Waals surface area contributed by atoms with Gasteiger partial charge in [0.15, 0.2) is 0 Å². The summed E-state index contributed by atoms with van der Waals surface area (Å²) in [6.45, 7) is 4.11. The molecule has 3 aliphatic rings. The summed E-state index contributed by atoms with van der Waals surface area (Å²) in [5.74, 6) is 0.326. The van der Waals surface area contributed by atoms with E-state index < -0.39 is 10.0 Å². The third-order valence-electron chi connectivity index (χ3n) is 6.48. The smallest absolute Gasteiger partial charge is 0.243 e. The molecule has 0 unspecified atom stereocenters. The number of hydrogen-bond acceptors (Lipinski definition) is 4. The van der Waals surface area contributed by atoms with E-state index in [0.717, 1.165) is 29.8 Å². The van der Waals surface area contributed by atoms with E-state index in [1.54, 1.807) is 16.4 Å². The molecule has 2 aromatic rings. The first kappa shape index (κ1) is 20.8. The number of anilines is 2. The number of rotatable bonds is 4. The molecule has 0 bridgehead atoms. The molecule has 0 radical (unpaired) electrons. The zero-order valence-corrected chi connectivity index (χ0v) is 19.1. The second kappa shape index (κ2) is 7.80. The number of carbonyl (C=O) groups excluding carboxylic acids is 1. The van der Waals surface area contributed by atoms with Crippen LogP contribution in [-0.2, 0) is 21.2 Å². The molecule has 8 heteroatoms. The standard InChI is InChI=1S/C23H26ClN3O3S/c1-16-13-18-14-21(7-8-22(18)27(16)23(28)17-5-6-17)31(29,30)26-11-9-25(10-12-26)20-4-2-3-19(24)15-20/h2-4,7-8,14-17H,5-6,9-13H2,1H3/t16-/m1/s1. The molecule has 164 valence electrons. The number of carbonyl (C=O) groups is 1. The van der Waals surface area contributed by atoms with E-state index in [0.29, 0.717) is 42.5 Å². The molecule has 2 fully saturated rings. The summed E-state index contributed by atoms with van der Waals surface area (Å²) in [5.41, 5.74) is 2.82. The van der Waals surface area contributed by atoms with Crippen molar-refractivity contribution in [3.63, 3.8) is 0 Å². The first-order valence-corrected chi connectivity index (χ1v) is 12.6. The molecule has 5 rings (SSSR count). The lowest BCUT2D eigenvalue weighted by Gasteiger charge is -2.35. The van der Waals surface area contributed by atoms with Crippen LogP contribution in [0.4, 0.5) is 11.4 Å². The Kier molecular flexibility index (Phi) is 5.23. The van der Waals surface area contributed by atoms with Gasteiger partial charge in [0.1, 0.15) is 0 Å². The molecule has 1 saturated heterocycles. The predicted molar refractivity (Wildman–Crippen MR) is 122 cm³/mol. The Bertz CT molecular complexity index is 1120. The topological polar surface area (TPSA) is 60.9 Å². The lowest BCUT2D eigenvalue weighted by molar-refractivity contribution is -0.120. The molecule has 31 heavy (non-hydrogen) atoms. The lowest BCUT2D eigenvalue weighted by Crippen LogP contribution is -2.48. The maximum Gasteiger partial charge on any atom is 0.243 e. The van der Waals surface area contributed by atoms with Crippen molar-refractivity contribution >= 4 is 38.9 Å². The molecular weight excluding hydrogens is 434 g/mol. The van der Waals surface area contributed by atoms with Crippen LogP contribution in [0.2, 0.25) is 5.02 Å². The van der Waals surface area contributed by atoms with Crippen LogP contribution in [0.15, 0.2) is 47.4 Å². The van der Waals surface area contributed by atoms with Gasteiger partial charge in [0.25, 0.3) is 0 Å². The van der Waals surface area contributed by atoms with Crippen molar-refractivity contribution in [2.45, 2.75) is 37.1 Å². The lowest BCUT2D eigenvalue weighted by atomic mass is 10.1. The first-order valence-electron chi connectivity index (χ1n) is 10.8. The van der Waals surface area contributed by atoms with Crippen LogP contribution in [-0.4, -0.2) is 50.9 Å². The molecule has 2 aromatic carbocycles. The van der Waals surface area contributed by atoms with Crippen LogP contribution >= 0.6 is 11.6 Å². The third-order valence-corrected chi connectivity index (χ3v) is 8.61. The van der Waals surface area contributed by atoms with E-state index in [1.807, 2.05) is 42.2 Å². The molecule has 1 atom stereocenters. The second-order valence-corrected chi connectivity index (χ2v) is 11.1. The van der Waals surface area contributed by atoms with Gasteiger partial charge in [-0.1, -0.05) is 17.7 Å². The Balaban J connectivity index is 1.33. The van der Waals surface area contributed by atoms with Gasteiger partial charge < -0.3 is 9.80 Å². The number of benzene rings is 2. The van der Waals surface area contributed by atoms with E-state index in [1.165, 1.54) is 0 Å². The molecule has 1 amide bonds. The van der Waals surface area contributed by atoms with Crippen molar-refractivity contribution in [3.8, 4) is 0 Å². The third kappa shape index (κ3) is 3.83. The van der Waals surface area contributed by atoms with E-state index in [9.17, 15) is 13.2 Å². The Morgan fingerprint density at radius 3 is 2.45 bits per heavy atom. The normalized spacial score (nSPS) is 21.9. The van der Waals surface area contributed by atoms with E-state index >= 15 is 0 Å². The van der Waals surface area contributed by atoms with Crippen molar-refractivity contribution in [1.82, 2.24) is 4.31 Å². The highest BCUT2D eigenvalue weighted by molar-refractivity contribution is 7.89. The van der Waals surface area contributed by atoms with Crippen molar-refractivity contribution in [1.29, 1.82) is 0 Å². The second-order valence-electron chi connectivity index (χ2n) is 8.70. The maximum atomic E-state index is 13.3. The Hall–Kier alpha value is -2.09. The summed E-state index contributed by atoms with van der Waals surface area (Å²) < 4.78 is 28.2. The van der Waals surface area contributed by atoms with Crippen molar-refractivity contribution in [2.75, 3.05) is 36.0 Å². The number of sulfonamides is 1. The molecule has 1 aliphatic carbocycles. The first-order chi connectivity index (χ1) is 14.8. The van der Waals surface area contributed by atoms with Gasteiger partial charge in [-0.25, -0.2) is 8.42 Å². The van der Waals surface area contributed by atoms with Gasteiger partial charge in [-0.2, -0.15) is 4.31 Å². The Morgan fingerprint density at radius 1 is 1.03 bits per heavy atom. The van der Waals surface area contributed by atoms with Gasteiger partial charge in [0.2, 0.25) is 15.9 Å². The number of fused-ring (bicyclic) bond motifs is 1. The fourth-order valence-corrected chi connectivity index (χ4v) is 6.30. The van der Waals surface area contributed by atoms with Gasteiger partial charge in [-0.3, -0.25) is 4.79 Å². The Labute approximate surface area is 188 Å². The van der Waals surface area contributed by atoms with Gasteiger partial charge >= 0.3 is 0 Å². The zero-order valence-electron chi connectivity index (χ0n) is 17.5. The highest BCUT2D eigenvalue weighted by Gasteiger charge is 2.40. The molecule has 2 aliphatic heterocycles. The predicted octanol–water partition coefficient (Wildman–Crippen LogP) is 3.54. The maximum absolute atomic E-state index is 13.3. The molecule has 2 heterocycles. The summed E-state index contributed by atoms with van der Waals surface area (Å²) in [5, 5.41) is 0.675. The quantitative estimate of drug-likeness (QED) is 0.701. The van der Waals surface area contributed by atoms with Gasteiger partial charge in [-0.15, -0.1) is 0 Å². The zero-order chi connectivity index (χ0) is 21.8. The monoisotopic (exact) mass is 459 g/mol. The number of hydrogen-bond donors (Lipinski definition) is 0. The van der Waals surface area contributed by atoms with E-state index in [2.05, 4.69) is 4.90 Å². The number of piperazine rings is 1. The highest BCUT2D eigenvalue weighted by atomic mass is 35.5. The molecule has 0 aromatic heterocycles.